The molecule has 2 heterocycles. The average molecular weight is 376 g/mol. The number of allylic oxidation sites excluding steroid dienone is 3. The highest BCUT2D eigenvalue weighted by Crippen LogP contribution is 2.35. The lowest BCUT2D eigenvalue weighted by Crippen LogP contribution is -2.40. The van der Waals surface area contributed by atoms with Gasteiger partial charge in [0.15, 0.2) is 0 Å². The summed E-state index contributed by atoms with van der Waals surface area (Å²) < 4.78 is 3.53. The Morgan fingerprint density at radius 3 is 2.62 bits per heavy atom. The minimum Gasteiger partial charge on any atom is -0.392 e. The quantitative estimate of drug-likeness (QED) is 0.723. The Labute approximate surface area is 140 Å². The normalized spacial score (nSPS) is 27.7. The van der Waals surface area contributed by atoms with Crippen LogP contribution in [0, 0.1) is 0 Å². The van der Waals surface area contributed by atoms with E-state index < -0.39 is 0 Å². The summed E-state index contributed by atoms with van der Waals surface area (Å²) in [6.45, 7) is 6.53. The predicted molar refractivity (Wildman–Crippen MR) is 94.5 cm³/mol. The van der Waals surface area contributed by atoms with Crippen LogP contribution in [0.3, 0.4) is 0 Å². The summed E-state index contributed by atoms with van der Waals surface area (Å²) in [5.74, 6) is 0. The van der Waals surface area contributed by atoms with E-state index in [0.29, 0.717) is 0 Å². The summed E-state index contributed by atoms with van der Waals surface area (Å²) in [5.41, 5.74) is 0. The molecule has 0 radical (unpaired) electrons. The fourth-order valence-electron chi connectivity index (χ4n) is 2.40. The van der Waals surface area contributed by atoms with Gasteiger partial charge in [-0.05, 0) is 38.3 Å². The number of hydrogen-bond acceptors (Lipinski definition) is 5. The molecule has 1 unspecified atom stereocenters. The van der Waals surface area contributed by atoms with E-state index in [2.05, 4.69) is 49.7 Å². The molecule has 0 saturated carbocycles. The van der Waals surface area contributed by atoms with E-state index in [0.717, 1.165) is 45.4 Å². The lowest BCUT2D eigenvalue weighted by atomic mass is 10.2. The standard InChI is InChI=1S/C10H14BrNOS.C5H12N2/c11-9-3-1-2-4-10(9)14-12-6-5-8(13)7-12;1-7-4-2-6-3-5-7/h2,4,8,13H,1,3,5-7H2;6H,2-5H2,1H3. The van der Waals surface area contributed by atoms with Crippen LogP contribution in [0.15, 0.2) is 21.5 Å². The van der Waals surface area contributed by atoms with E-state index in [1.54, 1.807) is 11.9 Å². The summed E-state index contributed by atoms with van der Waals surface area (Å²) in [6, 6.07) is 0. The van der Waals surface area contributed by atoms with Gasteiger partial charge in [0.2, 0.25) is 0 Å². The van der Waals surface area contributed by atoms with Crippen LogP contribution in [0.2, 0.25) is 0 Å². The Morgan fingerprint density at radius 1 is 1.33 bits per heavy atom. The van der Waals surface area contributed by atoms with Crippen LogP contribution in [0.4, 0.5) is 0 Å². The van der Waals surface area contributed by atoms with Crippen molar-refractivity contribution in [3.05, 3.63) is 21.5 Å². The highest BCUT2D eigenvalue weighted by atomic mass is 79.9. The molecular formula is C15H26BrN3OS. The van der Waals surface area contributed by atoms with Crippen LogP contribution in [0.5, 0.6) is 0 Å². The third-order valence-electron chi connectivity index (χ3n) is 3.76. The number of aliphatic hydroxyl groups is 1. The van der Waals surface area contributed by atoms with E-state index in [-0.39, 0.29) is 6.10 Å². The van der Waals surface area contributed by atoms with Crippen molar-refractivity contribution in [3.8, 4) is 0 Å². The zero-order chi connectivity index (χ0) is 15.1. The summed E-state index contributed by atoms with van der Waals surface area (Å²) in [7, 11) is 2.15. The second kappa shape index (κ2) is 9.33. The molecule has 0 bridgehead atoms. The minimum atomic E-state index is -0.130. The molecule has 0 aromatic carbocycles. The van der Waals surface area contributed by atoms with E-state index in [4.69, 9.17) is 0 Å². The number of β-amino-alcohol motifs (C(OH)–C–C–N with tert-alkyl or cyclic N) is 1. The number of nitrogens with zero attached hydrogens (tertiary/aromatic N) is 2. The average Bonchev–Trinajstić information content (AvgIpc) is 2.88. The van der Waals surface area contributed by atoms with E-state index >= 15 is 0 Å². The van der Waals surface area contributed by atoms with Crippen molar-refractivity contribution in [2.75, 3.05) is 46.3 Å². The SMILES string of the molecule is CN1CCNCC1.OC1CCN(SC2=C(Br)CCC=C2)C1. The number of piperazine rings is 1. The third-order valence-corrected chi connectivity index (χ3v) is 6.02. The zero-order valence-electron chi connectivity index (χ0n) is 12.7. The Bertz CT molecular complexity index is 383. The van der Waals surface area contributed by atoms with Gasteiger partial charge in [-0.25, -0.2) is 4.31 Å². The summed E-state index contributed by atoms with van der Waals surface area (Å²) in [6.07, 6.45) is 7.39. The van der Waals surface area contributed by atoms with Gasteiger partial charge in [0.25, 0.3) is 0 Å². The van der Waals surface area contributed by atoms with Crippen molar-refractivity contribution in [1.29, 1.82) is 0 Å². The van der Waals surface area contributed by atoms with Gasteiger partial charge in [-0.15, -0.1) is 0 Å². The molecule has 0 aromatic rings. The van der Waals surface area contributed by atoms with Gasteiger partial charge in [0.1, 0.15) is 0 Å². The third kappa shape index (κ3) is 6.42. The zero-order valence-corrected chi connectivity index (χ0v) is 15.1. The van der Waals surface area contributed by atoms with Crippen LogP contribution >= 0.6 is 27.9 Å². The summed E-state index contributed by atoms with van der Waals surface area (Å²) >= 11 is 5.35. The molecule has 2 aliphatic heterocycles. The topological polar surface area (TPSA) is 38.7 Å². The molecule has 2 N–H and O–H groups in total. The van der Waals surface area contributed by atoms with Gasteiger partial charge in [-0.3, -0.25) is 0 Å². The molecule has 21 heavy (non-hydrogen) atoms. The van der Waals surface area contributed by atoms with Crippen LogP contribution < -0.4 is 5.32 Å². The highest BCUT2D eigenvalue weighted by molar-refractivity contribution is 9.11. The molecule has 120 valence electrons. The van der Waals surface area contributed by atoms with Gasteiger partial charge < -0.3 is 15.3 Å². The molecule has 0 amide bonds. The lowest BCUT2D eigenvalue weighted by Gasteiger charge is -2.21. The number of rotatable bonds is 2. The minimum absolute atomic E-state index is 0.130. The number of halogens is 1. The summed E-state index contributed by atoms with van der Waals surface area (Å²) in [5, 5.41) is 12.7. The fraction of sp³-hybridized carbons (Fsp3) is 0.733. The first-order valence-electron chi connectivity index (χ1n) is 7.70. The van der Waals surface area contributed by atoms with Crippen molar-refractivity contribution in [3.63, 3.8) is 0 Å². The van der Waals surface area contributed by atoms with E-state index in [9.17, 15) is 5.11 Å². The molecule has 3 aliphatic rings. The molecule has 0 spiro atoms. The van der Waals surface area contributed by atoms with Crippen LogP contribution in [0.25, 0.3) is 0 Å². The number of likely N-dealkylation sites (N-methyl/N-ethyl adjacent to an activating group) is 1. The Kier molecular flexibility index (Phi) is 7.77. The van der Waals surface area contributed by atoms with Crippen molar-refractivity contribution < 1.29 is 5.11 Å². The Balaban J connectivity index is 0.000000194. The molecular weight excluding hydrogens is 350 g/mol. The van der Waals surface area contributed by atoms with Gasteiger partial charge >= 0.3 is 0 Å². The van der Waals surface area contributed by atoms with Crippen LogP contribution in [-0.4, -0.2) is 66.7 Å². The molecule has 2 saturated heterocycles. The van der Waals surface area contributed by atoms with Crippen molar-refractivity contribution in [2.45, 2.75) is 25.4 Å². The second-order valence-electron chi connectivity index (χ2n) is 5.69. The number of aliphatic hydroxyl groups excluding tert-OH is 1. The summed E-state index contributed by atoms with van der Waals surface area (Å²) in [4.78, 5) is 3.63. The molecule has 1 aliphatic carbocycles. The molecule has 2 fully saturated rings. The smallest absolute Gasteiger partial charge is 0.0689 e. The first-order chi connectivity index (χ1) is 10.1. The monoisotopic (exact) mass is 375 g/mol. The van der Waals surface area contributed by atoms with Gasteiger partial charge in [0, 0.05) is 48.7 Å². The fourth-order valence-corrected chi connectivity index (χ4v) is 4.06. The first kappa shape index (κ1) is 17.5. The Hall–Kier alpha value is 0.150. The maximum atomic E-state index is 9.39. The van der Waals surface area contributed by atoms with Crippen molar-refractivity contribution in [2.24, 2.45) is 0 Å². The molecule has 4 nitrogen and oxygen atoms in total. The van der Waals surface area contributed by atoms with Crippen LogP contribution in [-0.2, 0) is 0 Å². The van der Waals surface area contributed by atoms with Gasteiger partial charge in [0.05, 0.1) is 6.10 Å². The molecule has 0 aromatic heterocycles. The van der Waals surface area contributed by atoms with Crippen molar-refractivity contribution in [1.82, 2.24) is 14.5 Å². The maximum absolute atomic E-state index is 9.39. The maximum Gasteiger partial charge on any atom is 0.0689 e. The van der Waals surface area contributed by atoms with E-state index in [1.165, 1.54) is 22.5 Å². The predicted octanol–water partition coefficient (Wildman–Crippen LogP) is 2.18. The number of hydrogen-bond donors (Lipinski definition) is 2. The highest BCUT2D eigenvalue weighted by Gasteiger charge is 2.22. The largest absolute Gasteiger partial charge is 0.392 e. The van der Waals surface area contributed by atoms with Gasteiger partial charge in [-0.1, -0.05) is 28.1 Å². The first-order valence-corrected chi connectivity index (χ1v) is 9.27. The molecule has 1 atom stereocenters. The van der Waals surface area contributed by atoms with E-state index in [1.807, 2.05) is 0 Å². The van der Waals surface area contributed by atoms with Crippen molar-refractivity contribution >= 4 is 27.9 Å². The second-order valence-corrected chi connectivity index (χ2v) is 7.78. The van der Waals surface area contributed by atoms with Gasteiger partial charge in [-0.2, -0.15) is 0 Å². The number of nitrogens with one attached hydrogen (secondary N) is 1. The Morgan fingerprint density at radius 2 is 2.10 bits per heavy atom. The molecule has 6 heteroatoms. The van der Waals surface area contributed by atoms with Crippen LogP contribution in [0.1, 0.15) is 19.3 Å². The lowest BCUT2D eigenvalue weighted by molar-refractivity contribution is 0.190. The molecule has 3 rings (SSSR count).